The van der Waals surface area contributed by atoms with Crippen LogP contribution < -0.4 is 5.73 Å². The predicted octanol–water partition coefficient (Wildman–Crippen LogP) is 3.79. The van der Waals surface area contributed by atoms with Gasteiger partial charge in [0.1, 0.15) is 0 Å². The average Bonchev–Trinajstić information content (AvgIpc) is 2.52. The van der Waals surface area contributed by atoms with Crippen molar-refractivity contribution in [1.29, 1.82) is 0 Å². The fourth-order valence-corrected chi connectivity index (χ4v) is 5.52. The van der Waals surface area contributed by atoms with E-state index in [0.29, 0.717) is 19.0 Å². The third-order valence-corrected chi connectivity index (χ3v) is 6.61. The maximum atomic E-state index is 11.6. The van der Waals surface area contributed by atoms with E-state index in [9.17, 15) is 9.90 Å². The number of rotatable bonds is 2. The molecule has 4 heteroatoms. The van der Waals surface area contributed by atoms with E-state index in [-0.39, 0.29) is 17.4 Å². The highest BCUT2D eigenvalue weighted by molar-refractivity contribution is 5.72. The molecule has 2 aliphatic rings. The third kappa shape index (κ3) is 3.29. The van der Waals surface area contributed by atoms with Gasteiger partial charge in [0.15, 0.2) is 0 Å². The number of nitrogens with two attached hydrogens (primary N) is 1. The molecule has 0 saturated heterocycles. The maximum absolute atomic E-state index is 11.6. The number of benzene rings is 1. The van der Waals surface area contributed by atoms with E-state index in [4.69, 9.17) is 5.73 Å². The van der Waals surface area contributed by atoms with Crippen LogP contribution in [0.15, 0.2) is 18.2 Å². The molecule has 25 heavy (non-hydrogen) atoms. The van der Waals surface area contributed by atoms with E-state index in [1.54, 1.807) is 4.90 Å². The number of hydrogen-bond donors (Lipinski definition) is 2. The van der Waals surface area contributed by atoms with Crippen LogP contribution in [0.3, 0.4) is 0 Å². The summed E-state index contributed by atoms with van der Waals surface area (Å²) in [5, 5.41) is 11.6. The summed E-state index contributed by atoms with van der Waals surface area (Å²) in [6, 6.07) is 5.90. The fraction of sp³-hybridized carbons (Fsp3) is 0.667. The lowest BCUT2D eigenvalue weighted by Gasteiger charge is -2.50. The summed E-state index contributed by atoms with van der Waals surface area (Å²) >= 11 is 0. The van der Waals surface area contributed by atoms with Crippen LogP contribution in [-0.2, 0) is 18.6 Å². The molecule has 138 valence electrons. The van der Waals surface area contributed by atoms with Gasteiger partial charge in [0.25, 0.3) is 0 Å². The van der Waals surface area contributed by atoms with E-state index >= 15 is 0 Å². The highest BCUT2D eigenvalue weighted by atomic mass is 16.3. The topological polar surface area (TPSA) is 66.6 Å². The zero-order valence-corrected chi connectivity index (χ0v) is 16.0. The average molecular weight is 344 g/mol. The number of aliphatic hydroxyl groups is 1. The summed E-state index contributed by atoms with van der Waals surface area (Å²) in [5.74, 6) is 0.734. The van der Waals surface area contributed by atoms with Crippen LogP contribution in [-0.4, -0.2) is 22.6 Å². The molecule has 3 N–H and O–H groups in total. The summed E-state index contributed by atoms with van der Waals surface area (Å²) in [6.45, 7) is 10.1. The Labute approximate surface area is 151 Å². The molecule has 1 saturated carbocycles. The maximum Gasteiger partial charge on any atom is 0.315 e. The van der Waals surface area contributed by atoms with Crippen molar-refractivity contribution < 1.29 is 9.90 Å². The van der Waals surface area contributed by atoms with Gasteiger partial charge >= 0.3 is 6.03 Å². The molecule has 1 aromatic rings. The zero-order chi connectivity index (χ0) is 18.4. The number of hydrogen-bond acceptors (Lipinski definition) is 2. The molecule has 1 aliphatic carbocycles. The number of carbonyl (C=O) groups excluding carboxylic acids is 1. The van der Waals surface area contributed by atoms with Crippen molar-refractivity contribution in [2.24, 2.45) is 23.0 Å². The van der Waals surface area contributed by atoms with E-state index in [2.05, 4.69) is 32.9 Å². The first kappa shape index (κ1) is 18.2. The summed E-state index contributed by atoms with van der Waals surface area (Å²) in [7, 11) is 0. The van der Waals surface area contributed by atoms with E-state index in [0.717, 1.165) is 24.0 Å². The predicted molar refractivity (Wildman–Crippen MR) is 100.0 cm³/mol. The van der Waals surface area contributed by atoms with Crippen LogP contribution in [0.5, 0.6) is 0 Å². The van der Waals surface area contributed by atoms with E-state index in [1.807, 2.05) is 13.0 Å². The molecule has 0 bridgehead atoms. The van der Waals surface area contributed by atoms with Gasteiger partial charge in [-0.2, -0.15) is 0 Å². The zero-order valence-electron chi connectivity index (χ0n) is 16.0. The van der Waals surface area contributed by atoms with Crippen molar-refractivity contribution in [3.8, 4) is 0 Å². The Morgan fingerprint density at radius 1 is 1.36 bits per heavy atom. The lowest BCUT2D eigenvalue weighted by molar-refractivity contribution is -0.102. The van der Waals surface area contributed by atoms with E-state index < -0.39 is 5.60 Å². The first-order chi connectivity index (χ1) is 11.6. The quantitative estimate of drug-likeness (QED) is 0.857. The lowest BCUT2D eigenvalue weighted by atomic mass is 9.57. The van der Waals surface area contributed by atoms with Crippen molar-refractivity contribution in [2.75, 3.05) is 6.54 Å². The molecule has 4 nitrogen and oxygen atoms in total. The molecule has 3 rings (SSSR count). The SMILES string of the molecule is C[C@H]1CCCC(C)(C)[C@@H]1[C@@](C)(O)c1ccc2c(c1)CCN(C(N)=O)C2. The molecule has 0 radical (unpaired) electrons. The molecular weight excluding hydrogens is 312 g/mol. The monoisotopic (exact) mass is 344 g/mol. The lowest BCUT2D eigenvalue weighted by Crippen LogP contribution is -2.47. The van der Waals surface area contributed by atoms with Crippen LogP contribution >= 0.6 is 0 Å². The van der Waals surface area contributed by atoms with Gasteiger partial charge in [0.05, 0.1) is 5.60 Å². The fourth-order valence-electron chi connectivity index (χ4n) is 5.52. The first-order valence-electron chi connectivity index (χ1n) is 9.52. The normalized spacial score (nSPS) is 28.1. The summed E-state index contributed by atoms with van der Waals surface area (Å²) in [6.07, 6.45) is 4.39. The summed E-state index contributed by atoms with van der Waals surface area (Å²) < 4.78 is 0. The number of urea groups is 1. The third-order valence-electron chi connectivity index (χ3n) is 6.61. The van der Waals surface area contributed by atoms with Crippen molar-refractivity contribution in [3.05, 3.63) is 34.9 Å². The van der Waals surface area contributed by atoms with Gasteiger partial charge in [-0.25, -0.2) is 4.79 Å². The van der Waals surface area contributed by atoms with Crippen LogP contribution in [0.1, 0.15) is 63.6 Å². The molecule has 3 atom stereocenters. The Morgan fingerprint density at radius 3 is 2.72 bits per heavy atom. The Bertz CT molecular complexity index is 666. The standard InChI is InChI=1S/C21H32N2O2/c1-14-6-5-10-20(2,3)18(14)21(4,25)17-8-7-16-13-23(19(22)24)11-9-15(16)12-17/h7-8,12,14,18,25H,5-6,9-11,13H2,1-4H3,(H2,22,24)/t14-,18+,21-/m0/s1. The van der Waals surface area contributed by atoms with Gasteiger partial charge in [0, 0.05) is 13.1 Å². The molecule has 1 aromatic carbocycles. The minimum atomic E-state index is -0.848. The van der Waals surface area contributed by atoms with E-state index in [1.165, 1.54) is 18.4 Å². The second kappa shape index (κ2) is 6.31. The highest BCUT2D eigenvalue weighted by Gasteiger charge is 2.48. The smallest absolute Gasteiger partial charge is 0.315 e. The number of nitrogens with zero attached hydrogens (tertiary/aromatic N) is 1. The molecular formula is C21H32N2O2. The van der Waals surface area contributed by atoms with Crippen LogP contribution in [0.4, 0.5) is 4.79 Å². The minimum Gasteiger partial charge on any atom is -0.385 e. The largest absolute Gasteiger partial charge is 0.385 e. The number of primary amides is 1. The Balaban J connectivity index is 1.92. The first-order valence-corrected chi connectivity index (χ1v) is 9.52. The molecule has 0 unspecified atom stereocenters. The van der Waals surface area contributed by atoms with Gasteiger partial charge in [-0.05, 0) is 53.7 Å². The summed E-state index contributed by atoms with van der Waals surface area (Å²) in [4.78, 5) is 13.1. The second-order valence-electron chi connectivity index (χ2n) is 8.98. The minimum absolute atomic E-state index is 0.125. The van der Waals surface area contributed by atoms with Gasteiger partial charge in [-0.1, -0.05) is 51.8 Å². The Hall–Kier alpha value is -1.55. The van der Waals surface area contributed by atoms with Crippen LogP contribution in [0, 0.1) is 17.3 Å². The van der Waals surface area contributed by atoms with Gasteiger partial charge < -0.3 is 15.7 Å². The Morgan fingerprint density at radius 2 is 2.08 bits per heavy atom. The summed E-state index contributed by atoms with van der Waals surface area (Å²) in [5.41, 5.74) is 8.07. The molecule has 0 aromatic heterocycles. The van der Waals surface area contributed by atoms with Gasteiger partial charge in [-0.3, -0.25) is 0 Å². The van der Waals surface area contributed by atoms with Gasteiger partial charge in [0.2, 0.25) is 0 Å². The Kier molecular flexibility index (Phi) is 4.61. The second-order valence-corrected chi connectivity index (χ2v) is 8.98. The van der Waals surface area contributed by atoms with Gasteiger partial charge in [-0.15, -0.1) is 0 Å². The number of fused-ring (bicyclic) bond motifs is 1. The molecule has 0 spiro atoms. The molecule has 2 amide bonds. The van der Waals surface area contributed by atoms with Crippen LogP contribution in [0.2, 0.25) is 0 Å². The van der Waals surface area contributed by atoms with Crippen molar-refractivity contribution in [3.63, 3.8) is 0 Å². The van der Waals surface area contributed by atoms with Crippen molar-refractivity contribution in [1.82, 2.24) is 4.90 Å². The van der Waals surface area contributed by atoms with Crippen molar-refractivity contribution in [2.45, 2.75) is 65.5 Å². The molecule has 1 fully saturated rings. The van der Waals surface area contributed by atoms with Crippen LogP contribution in [0.25, 0.3) is 0 Å². The molecule has 1 heterocycles. The number of amides is 2. The van der Waals surface area contributed by atoms with Crippen molar-refractivity contribution >= 4 is 6.03 Å². The highest BCUT2D eigenvalue weighted by Crippen LogP contribution is 2.52. The molecule has 1 aliphatic heterocycles. The number of carbonyl (C=O) groups is 1.